The number of carbonyl (C=O) groups excluding carboxylic acids is 1. The summed E-state index contributed by atoms with van der Waals surface area (Å²) in [7, 11) is 0. The van der Waals surface area contributed by atoms with Crippen LogP contribution in [-0.4, -0.2) is 24.0 Å². The Kier molecular flexibility index (Phi) is 5.26. The standard InChI is InChI=1S/C13H26N2O/c1-9(2)14-13(16)11(4)15-10(3)12-7-5-6-8-12/h9-12,15H,5-8H2,1-4H3,(H,14,16). The Bertz CT molecular complexity index is 222. The number of amides is 1. The Morgan fingerprint density at radius 1 is 1.12 bits per heavy atom. The molecular formula is C13H26N2O. The molecule has 1 amide bonds. The summed E-state index contributed by atoms with van der Waals surface area (Å²) in [6.07, 6.45) is 5.33. The van der Waals surface area contributed by atoms with E-state index in [4.69, 9.17) is 0 Å². The molecule has 0 aromatic carbocycles. The molecule has 3 nitrogen and oxygen atoms in total. The first-order valence-electron chi connectivity index (χ1n) is 6.57. The Morgan fingerprint density at radius 3 is 2.19 bits per heavy atom. The van der Waals surface area contributed by atoms with Gasteiger partial charge in [-0.05, 0) is 46.5 Å². The zero-order valence-corrected chi connectivity index (χ0v) is 11.0. The molecule has 0 bridgehead atoms. The molecule has 1 aliphatic carbocycles. The highest BCUT2D eigenvalue weighted by Crippen LogP contribution is 2.27. The summed E-state index contributed by atoms with van der Waals surface area (Å²) in [5, 5.41) is 6.35. The van der Waals surface area contributed by atoms with Crippen LogP contribution < -0.4 is 10.6 Å². The van der Waals surface area contributed by atoms with E-state index in [9.17, 15) is 4.79 Å². The molecule has 94 valence electrons. The SMILES string of the molecule is CC(C)NC(=O)C(C)NC(C)C1CCCC1. The number of carbonyl (C=O) groups is 1. The lowest BCUT2D eigenvalue weighted by Gasteiger charge is -2.24. The summed E-state index contributed by atoms with van der Waals surface area (Å²) < 4.78 is 0. The molecule has 0 saturated heterocycles. The van der Waals surface area contributed by atoms with Gasteiger partial charge in [-0.1, -0.05) is 12.8 Å². The average Bonchev–Trinajstić information content (AvgIpc) is 2.68. The highest BCUT2D eigenvalue weighted by atomic mass is 16.2. The fourth-order valence-corrected chi connectivity index (χ4v) is 2.47. The van der Waals surface area contributed by atoms with Crippen LogP contribution in [0.3, 0.4) is 0 Å². The molecule has 16 heavy (non-hydrogen) atoms. The number of hydrogen-bond donors (Lipinski definition) is 2. The van der Waals surface area contributed by atoms with Crippen molar-refractivity contribution in [3.05, 3.63) is 0 Å². The van der Waals surface area contributed by atoms with Crippen LogP contribution in [0.15, 0.2) is 0 Å². The van der Waals surface area contributed by atoms with Gasteiger partial charge >= 0.3 is 0 Å². The lowest BCUT2D eigenvalue weighted by atomic mass is 9.99. The molecule has 0 radical (unpaired) electrons. The zero-order valence-electron chi connectivity index (χ0n) is 11.0. The normalized spacial score (nSPS) is 21.1. The molecule has 2 atom stereocenters. The number of rotatable bonds is 5. The summed E-state index contributed by atoms with van der Waals surface area (Å²) in [5.41, 5.74) is 0. The van der Waals surface area contributed by atoms with E-state index in [2.05, 4.69) is 17.6 Å². The maximum atomic E-state index is 11.7. The lowest BCUT2D eigenvalue weighted by Crippen LogP contribution is -2.49. The van der Waals surface area contributed by atoms with Gasteiger partial charge in [-0.3, -0.25) is 4.79 Å². The molecule has 2 unspecified atom stereocenters. The Morgan fingerprint density at radius 2 is 1.69 bits per heavy atom. The first-order valence-corrected chi connectivity index (χ1v) is 6.57. The van der Waals surface area contributed by atoms with Crippen molar-refractivity contribution in [2.45, 2.75) is 71.5 Å². The van der Waals surface area contributed by atoms with Gasteiger partial charge in [0, 0.05) is 12.1 Å². The highest BCUT2D eigenvalue weighted by molar-refractivity contribution is 5.81. The van der Waals surface area contributed by atoms with Gasteiger partial charge in [-0.2, -0.15) is 0 Å². The predicted octanol–water partition coefficient (Wildman–Crippen LogP) is 2.07. The van der Waals surface area contributed by atoms with Crippen molar-refractivity contribution in [2.75, 3.05) is 0 Å². The van der Waals surface area contributed by atoms with E-state index >= 15 is 0 Å². The van der Waals surface area contributed by atoms with Crippen molar-refractivity contribution in [1.82, 2.24) is 10.6 Å². The summed E-state index contributed by atoms with van der Waals surface area (Å²) >= 11 is 0. The van der Waals surface area contributed by atoms with Crippen molar-refractivity contribution in [2.24, 2.45) is 5.92 Å². The molecule has 2 N–H and O–H groups in total. The molecule has 0 spiro atoms. The smallest absolute Gasteiger partial charge is 0.237 e. The fourth-order valence-electron chi connectivity index (χ4n) is 2.47. The van der Waals surface area contributed by atoms with Crippen molar-refractivity contribution >= 4 is 5.91 Å². The summed E-state index contributed by atoms with van der Waals surface area (Å²) in [5.74, 6) is 0.870. The molecule has 0 heterocycles. The molecule has 1 fully saturated rings. The summed E-state index contributed by atoms with van der Waals surface area (Å²) in [4.78, 5) is 11.7. The van der Waals surface area contributed by atoms with Crippen LogP contribution in [0, 0.1) is 5.92 Å². The van der Waals surface area contributed by atoms with E-state index in [0.717, 1.165) is 5.92 Å². The van der Waals surface area contributed by atoms with E-state index < -0.39 is 0 Å². The van der Waals surface area contributed by atoms with Crippen LogP contribution in [0.2, 0.25) is 0 Å². The first-order chi connectivity index (χ1) is 7.50. The van der Waals surface area contributed by atoms with Gasteiger partial charge < -0.3 is 10.6 Å². The molecular weight excluding hydrogens is 200 g/mol. The third-order valence-corrected chi connectivity index (χ3v) is 3.44. The van der Waals surface area contributed by atoms with Gasteiger partial charge in [0.1, 0.15) is 0 Å². The van der Waals surface area contributed by atoms with Crippen LogP contribution in [0.5, 0.6) is 0 Å². The molecule has 0 aliphatic heterocycles. The average molecular weight is 226 g/mol. The Balaban J connectivity index is 2.31. The molecule has 1 rings (SSSR count). The van der Waals surface area contributed by atoms with E-state index in [1.807, 2.05) is 20.8 Å². The molecule has 0 aromatic rings. The molecule has 0 aromatic heterocycles. The van der Waals surface area contributed by atoms with Gasteiger partial charge in [0.05, 0.1) is 6.04 Å². The minimum Gasteiger partial charge on any atom is -0.353 e. The maximum Gasteiger partial charge on any atom is 0.237 e. The van der Waals surface area contributed by atoms with Gasteiger partial charge in [-0.25, -0.2) is 0 Å². The van der Waals surface area contributed by atoms with Crippen molar-refractivity contribution < 1.29 is 4.79 Å². The number of hydrogen-bond acceptors (Lipinski definition) is 2. The third kappa shape index (κ3) is 4.12. The van der Waals surface area contributed by atoms with Crippen LogP contribution in [0.25, 0.3) is 0 Å². The highest BCUT2D eigenvalue weighted by Gasteiger charge is 2.24. The predicted molar refractivity (Wildman–Crippen MR) is 67.3 cm³/mol. The van der Waals surface area contributed by atoms with Gasteiger partial charge in [0.2, 0.25) is 5.91 Å². The van der Waals surface area contributed by atoms with E-state index in [0.29, 0.717) is 6.04 Å². The van der Waals surface area contributed by atoms with E-state index in [-0.39, 0.29) is 18.0 Å². The second-order valence-corrected chi connectivity index (χ2v) is 5.38. The first kappa shape index (κ1) is 13.5. The number of nitrogens with one attached hydrogen (secondary N) is 2. The topological polar surface area (TPSA) is 41.1 Å². The molecule has 1 aliphatic rings. The van der Waals surface area contributed by atoms with E-state index in [1.165, 1.54) is 25.7 Å². The van der Waals surface area contributed by atoms with Crippen LogP contribution in [-0.2, 0) is 4.79 Å². The third-order valence-electron chi connectivity index (χ3n) is 3.44. The zero-order chi connectivity index (χ0) is 12.1. The van der Waals surface area contributed by atoms with Crippen LogP contribution in [0.1, 0.15) is 53.4 Å². The Hall–Kier alpha value is -0.570. The molecule has 3 heteroatoms. The Labute approximate surface area is 99.4 Å². The quantitative estimate of drug-likeness (QED) is 0.753. The van der Waals surface area contributed by atoms with Gasteiger partial charge in [0.25, 0.3) is 0 Å². The van der Waals surface area contributed by atoms with Gasteiger partial charge in [0.15, 0.2) is 0 Å². The largest absolute Gasteiger partial charge is 0.353 e. The van der Waals surface area contributed by atoms with Crippen LogP contribution >= 0.6 is 0 Å². The second kappa shape index (κ2) is 6.24. The summed E-state index contributed by atoms with van der Waals surface area (Å²) in [6.45, 7) is 8.13. The van der Waals surface area contributed by atoms with Crippen molar-refractivity contribution in [1.29, 1.82) is 0 Å². The van der Waals surface area contributed by atoms with E-state index in [1.54, 1.807) is 0 Å². The second-order valence-electron chi connectivity index (χ2n) is 5.38. The maximum absolute atomic E-state index is 11.7. The lowest BCUT2D eigenvalue weighted by molar-refractivity contribution is -0.123. The molecule has 1 saturated carbocycles. The minimum absolute atomic E-state index is 0.0852. The fraction of sp³-hybridized carbons (Fsp3) is 0.923. The van der Waals surface area contributed by atoms with Crippen LogP contribution in [0.4, 0.5) is 0 Å². The van der Waals surface area contributed by atoms with Crippen molar-refractivity contribution in [3.8, 4) is 0 Å². The monoisotopic (exact) mass is 226 g/mol. The van der Waals surface area contributed by atoms with Crippen molar-refractivity contribution in [3.63, 3.8) is 0 Å². The minimum atomic E-state index is -0.0852. The van der Waals surface area contributed by atoms with Gasteiger partial charge in [-0.15, -0.1) is 0 Å². The summed E-state index contributed by atoms with van der Waals surface area (Å²) in [6, 6.07) is 0.590.